The molecule has 0 bridgehead atoms. The largest absolute Gasteiger partial charge is 0.353 e. The average Bonchev–Trinajstić information content (AvgIpc) is 2.01. The molecule has 14 heavy (non-hydrogen) atoms. The van der Waals surface area contributed by atoms with Crippen molar-refractivity contribution in [3.63, 3.8) is 0 Å². The van der Waals surface area contributed by atoms with Crippen LogP contribution in [0.5, 0.6) is 0 Å². The van der Waals surface area contributed by atoms with Crippen molar-refractivity contribution < 1.29 is 9.47 Å². The molecule has 0 saturated heterocycles. The quantitative estimate of drug-likeness (QED) is 0.645. The zero-order valence-corrected chi connectivity index (χ0v) is 10.2. The van der Waals surface area contributed by atoms with E-state index in [1.54, 1.807) is 0 Å². The minimum Gasteiger partial charge on any atom is -0.353 e. The highest BCUT2D eigenvalue weighted by Crippen LogP contribution is 2.19. The van der Waals surface area contributed by atoms with Gasteiger partial charge in [0, 0.05) is 24.7 Å². The lowest BCUT2D eigenvalue weighted by molar-refractivity contribution is -0.166. The SMILES string of the molecule is CCOC(OCC)C(C)CC(C)(C)N. The molecule has 0 spiro atoms. The smallest absolute Gasteiger partial charge is 0.160 e. The van der Waals surface area contributed by atoms with Crippen LogP contribution in [-0.4, -0.2) is 25.0 Å². The lowest BCUT2D eigenvalue weighted by Gasteiger charge is -2.29. The molecule has 0 aliphatic rings. The van der Waals surface area contributed by atoms with Gasteiger partial charge in [-0.1, -0.05) is 6.92 Å². The molecule has 1 atom stereocenters. The van der Waals surface area contributed by atoms with Gasteiger partial charge in [-0.2, -0.15) is 0 Å². The standard InChI is InChI=1S/C11H25NO2/c1-6-13-10(14-7-2)9(3)8-11(4,5)12/h9-10H,6-8,12H2,1-5H3. The van der Waals surface area contributed by atoms with Crippen LogP contribution in [0.4, 0.5) is 0 Å². The number of ether oxygens (including phenoxy) is 2. The molecule has 3 nitrogen and oxygen atoms in total. The summed E-state index contributed by atoms with van der Waals surface area (Å²) in [7, 11) is 0. The van der Waals surface area contributed by atoms with Crippen LogP contribution in [0.3, 0.4) is 0 Å². The summed E-state index contributed by atoms with van der Waals surface area (Å²) in [5, 5.41) is 0. The van der Waals surface area contributed by atoms with E-state index in [1.165, 1.54) is 0 Å². The van der Waals surface area contributed by atoms with E-state index in [9.17, 15) is 0 Å². The van der Waals surface area contributed by atoms with E-state index >= 15 is 0 Å². The first-order chi connectivity index (χ1) is 6.40. The van der Waals surface area contributed by atoms with Crippen LogP contribution in [0, 0.1) is 5.92 Å². The molecule has 2 N–H and O–H groups in total. The Morgan fingerprint density at radius 2 is 1.57 bits per heavy atom. The third kappa shape index (κ3) is 6.35. The van der Waals surface area contributed by atoms with Gasteiger partial charge in [-0.05, 0) is 34.1 Å². The summed E-state index contributed by atoms with van der Waals surface area (Å²) < 4.78 is 11.0. The van der Waals surface area contributed by atoms with E-state index in [0.717, 1.165) is 6.42 Å². The van der Waals surface area contributed by atoms with Gasteiger partial charge in [-0.3, -0.25) is 0 Å². The normalized spacial score (nSPS) is 14.8. The highest BCUT2D eigenvalue weighted by molar-refractivity contribution is 4.76. The van der Waals surface area contributed by atoms with E-state index in [4.69, 9.17) is 15.2 Å². The molecule has 0 aromatic rings. The van der Waals surface area contributed by atoms with Gasteiger partial charge in [-0.15, -0.1) is 0 Å². The molecule has 0 aromatic heterocycles. The Bertz CT molecular complexity index is 137. The topological polar surface area (TPSA) is 44.5 Å². The second kappa shape index (κ2) is 6.38. The fraction of sp³-hybridized carbons (Fsp3) is 1.00. The second-order valence-electron chi connectivity index (χ2n) is 4.45. The summed E-state index contributed by atoms with van der Waals surface area (Å²) in [6.07, 6.45) is 0.783. The van der Waals surface area contributed by atoms with Crippen LogP contribution >= 0.6 is 0 Å². The van der Waals surface area contributed by atoms with Crippen molar-refractivity contribution in [2.24, 2.45) is 11.7 Å². The van der Waals surface area contributed by atoms with Crippen LogP contribution in [0.1, 0.15) is 41.0 Å². The average molecular weight is 203 g/mol. The van der Waals surface area contributed by atoms with Crippen LogP contribution in [0.2, 0.25) is 0 Å². The Hall–Kier alpha value is -0.120. The van der Waals surface area contributed by atoms with Crippen molar-refractivity contribution in [2.75, 3.05) is 13.2 Å². The molecule has 3 heteroatoms. The molecule has 0 aliphatic carbocycles. The van der Waals surface area contributed by atoms with Gasteiger partial charge in [0.25, 0.3) is 0 Å². The van der Waals surface area contributed by atoms with E-state index in [0.29, 0.717) is 19.1 Å². The number of hydrogen-bond acceptors (Lipinski definition) is 3. The Morgan fingerprint density at radius 3 is 1.86 bits per heavy atom. The predicted molar refractivity (Wildman–Crippen MR) is 59.1 cm³/mol. The lowest BCUT2D eigenvalue weighted by Crippen LogP contribution is -2.38. The van der Waals surface area contributed by atoms with Gasteiger partial charge in [0.1, 0.15) is 0 Å². The second-order valence-corrected chi connectivity index (χ2v) is 4.45. The third-order valence-electron chi connectivity index (χ3n) is 1.97. The van der Waals surface area contributed by atoms with Crippen LogP contribution in [-0.2, 0) is 9.47 Å². The van der Waals surface area contributed by atoms with Crippen molar-refractivity contribution in [1.29, 1.82) is 0 Å². The molecular weight excluding hydrogens is 178 g/mol. The van der Waals surface area contributed by atoms with Gasteiger partial charge >= 0.3 is 0 Å². The number of hydrogen-bond donors (Lipinski definition) is 1. The van der Waals surface area contributed by atoms with Crippen molar-refractivity contribution in [1.82, 2.24) is 0 Å². The predicted octanol–water partition coefficient (Wildman–Crippen LogP) is 2.15. The Kier molecular flexibility index (Phi) is 6.33. The minimum atomic E-state index is -0.161. The van der Waals surface area contributed by atoms with Crippen molar-refractivity contribution >= 4 is 0 Å². The molecule has 0 saturated carbocycles. The van der Waals surface area contributed by atoms with E-state index in [2.05, 4.69) is 6.92 Å². The van der Waals surface area contributed by atoms with Gasteiger partial charge in [0.15, 0.2) is 6.29 Å². The zero-order valence-electron chi connectivity index (χ0n) is 10.2. The maximum absolute atomic E-state index is 5.96. The lowest BCUT2D eigenvalue weighted by atomic mass is 9.92. The van der Waals surface area contributed by atoms with E-state index in [-0.39, 0.29) is 11.8 Å². The van der Waals surface area contributed by atoms with Gasteiger partial charge in [0.05, 0.1) is 0 Å². The first-order valence-corrected chi connectivity index (χ1v) is 5.42. The van der Waals surface area contributed by atoms with E-state index in [1.807, 2.05) is 27.7 Å². The summed E-state index contributed by atoms with van der Waals surface area (Å²) in [6.45, 7) is 11.5. The minimum absolute atomic E-state index is 0.118. The monoisotopic (exact) mass is 203 g/mol. The maximum atomic E-state index is 5.96. The Labute approximate surface area is 88.0 Å². The fourth-order valence-corrected chi connectivity index (χ4v) is 1.63. The summed E-state index contributed by atoms with van der Waals surface area (Å²) in [4.78, 5) is 0. The van der Waals surface area contributed by atoms with Gasteiger partial charge in [-0.25, -0.2) is 0 Å². The maximum Gasteiger partial charge on any atom is 0.160 e. The van der Waals surface area contributed by atoms with Crippen molar-refractivity contribution in [3.05, 3.63) is 0 Å². The molecule has 0 aliphatic heterocycles. The summed E-state index contributed by atoms with van der Waals surface area (Å²) in [6, 6.07) is 0. The molecule has 0 fully saturated rings. The summed E-state index contributed by atoms with van der Waals surface area (Å²) in [5.41, 5.74) is 5.79. The fourth-order valence-electron chi connectivity index (χ4n) is 1.63. The molecule has 0 rings (SSSR count). The molecular formula is C11H25NO2. The summed E-state index contributed by atoms with van der Waals surface area (Å²) >= 11 is 0. The number of rotatable bonds is 7. The highest BCUT2D eigenvalue weighted by Gasteiger charge is 2.23. The highest BCUT2D eigenvalue weighted by atomic mass is 16.7. The number of nitrogens with two attached hydrogens (primary N) is 1. The van der Waals surface area contributed by atoms with Crippen LogP contribution in [0.25, 0.3) is 0 Å². The first-order valence-electron chi connectivity index (χ1n) is 5.42. The van der Waals surface area contributed by atoms with Gasteiger partial charge < -0.3 is 15.2 Å². The first kappa shape index (κ1) is 13.9. The van der Waals surface area contributed by atoms with Crippen LogP contribution < -0.4 is 5.73 Å². The molecule has 86 valence electrons. The zero-order chi connectivity index (χ0) is 11.2. The third-order valence-corrected chi connectivity index (χ3v) is 1.97. The molecule has 1 unspecified atom stereocenters. The van der Waals surface area contributed by atoms with Crippen molar-refractivity contribution in [3.8, 4) is 0 Å². The Morgan fingerprint density at radius 1 is 1.14 bits per heavy atom. The van der Waals surface area contributed by atoms with Crippen molar-refractivity contribution in [2.45, 2.75) is 52.9 Å². The molecule has 0 aromatic carbocycles. The van der Waals surface area contributed by atoms with Crippen LogP contribution in [0.15, 0.2) is 0 Å². The van der Waals surface area contributed by atoms with Gasteiger partial charge in [0.2, 0.25) is 0 Å². The Balaban J connectivity index is 4.06. The molecule has 0 radical (unpaired) electrons. The summed E-state index contributed by atoms with van der Waals surface area (Å²) in [5.74, 6) is 0.329. The molecule has 0 amide bonds. The molecule has 0 heterocycles. The van der Waals surface area contributed by atoms with E-state index < -0.39 is 0 Å².